The summed E-state index contributed by atoms with van der Waals surface area (Å²) < 4.78 is 5.44. The average Bonchev–Trinajstić information content (AvgIpc) is 2.72. The summed E-state index contributed by atoms with van der Waals surface area (Å²) in [6.07, 6.45) is 0. The van der Waals surface area contributed by atoms with Crippen molar-refractivity contribution in [1.29, 1.82) is 0 Å². The van der Waals surface area contributed by atoms with Crippen molar-refractivity contribution in [3.05, 3.63) is 52.4 Å². The van der Waals surface area contributed by atoms with E-state index >= 15 is 0 Å². The van der Waals surface area contributed by atoms with Gasteiger partial charge in [-0.15, -0.1) is 0 Å². The molecular weight excluding hydrogens is 264 g/mol. The second kappa shape index (κ2) is 5.36. The lowest BCUT2D eigenvalue weighted by atomic mass is 10.2. The molecule has 0 atom stereocenters. The maximum absolute atomic E-state index is 12.2. The maximum atomic E-state index is 12.2. The molecule has 4 nitrogen and oxygen atoms in total. The Morgan fingerprint density at radius 2 is 2.11 bits per heavy atom. The Balaban J connectivity index is 2.14. The number of amides is 1. The monoisotopic (exact) mass is 278 g/mol. The van der Waals surface area contributed by atoms with Crippen molar-refractivity contribution in [2.45, 2.75) is 13.5 Å². The summed E-state index contributed by atoms with van der Waals surface area (Å²) in [4.78, 5) is 13.8. The Hall–Kier alpha value is -1.94. The number of carbonyl (C=O) groups is 1. The molecule has 0 saturated carbocycles. The minimum absolute atomic E-state index is 0.150. The van der Waals surface area contributed by atoms with E-state index in [0.717, 1.165) is 11.5 Å². The molecule has 1 amide bonds. The number of aryl methyl sites for hydroxylation is 1. The van der Waals surface area contributed by atoms with Gasteiger partial charge in [-0.05, 0) is 37.3 Å². The molecule has 0 fully saturated rings. The summed E-state index contributed by atoms with van der Waals surface area (Å²) in [5.41, 5.74) is 6.62. The number of carbonyl (C=O) groups excluding carboxylic acids is 1. The zero-order valence-electron chi connectivity index (χ0n) is 10.8. The molecule has 0 spiro atoms. The van der Waals surface area contributed by atoms with Crippen LogP contribution in [0.5, 0.6) is 0 Å². The quantitative estimate of drug-likeness (QED) is 0.878. The van der Waals surface area contributed by atoms with Crippen LogP contribution in [0.1, 0.15) is 21.9 Å². The number of hydrogen-bond donors (Lipinski definition) is 1. The largest absolute Gasteiger partial charge is 0.464 e. The van der Waals surface area contributed by atoms with Crippen molar-refractivity contribution < 1.29 is 9.21 Å². The van der Waals surface area contributed by atoms with Crippen LogP contribution in [0.4, 0.5) is 5.69 Å². The van der Waals surface area contributed by atoms with Crippen LogP contribution in [0.3, 0.4) is 0 Å². The van der Waals surface area contributed by atoms with Crippen LogP contribution in [-0.2, 0) is 6.54 Å². The molecule has 0 radical (unpaired) electrons. The number of nitrogen functional groups attached to an aromatic ring is 1. The first-order chi connectivity index (χ1) is 8.95. The second-order valence-electron chi connectivity index (χ2n) is 4.45. The molecule has 0 bridgehead atoms. The zero-order valence-corrected chi connectivity index (χ0v) is 11.6. The van der Waals surface area contributed by atoms with Gasteiger partial charge in [0.1, 0.15) is 11.5 Å². The number of rotatable bonds is 3. The van der Waals surface area contributed by atoms with Crippen molar-refractivity contribution in [2.75, 3.05) is 12.8 Å². The highest BCUT2D eigenvalue weighted by Crippen LogP contribution is 2.18. The number of furan rings is 1. The third kappa shape index (κ3) is 3.29. The molecule has 2 rings (SSSR count). The molecule has 0 aliphatic carbocycles. The molecule has 2 aromatic rings. The highest BCUT2D eigenvalue weighted by molar-refractivity contribution is 6.31. The molecular formula is C14H15ClN2O2. The fourth-order valence-electron chi connectivity index (χ4n) is 1.83. The Labute approximate surface area is 116 Å². The lowest BCUT2D eigenvalue weighted by molar-refractivity contribution is 0.0775. The van der Waals surface area contributed by atoms with Gasteiger partial charge in [-0.1, -0.05) is 11.6 Å². The first kappa shape index (κ1) is 13.5. The summed E-state index contributed by atoms with van der Waals surface area (Å²) >= 11 is 5.89. The normalized spacial score (nSPS) is 10.5. The zero-order chi connectivity index (χ0) is 14.0. The highest BCUT2D eigenvalue weighted by atomic mass is 35.5. The molecule has 0 unspecified atom stereocenters. The van der Waals surface area contributed by atoms with E-state index in [-0.39, 0.29) is 5.91 Å². The predicted molar refractivity (Wildman–Crippen MR) is 75.1 cm³/mol. The van der Waals surface area contributed by atoms with Gasteiger partial charge < -0.3 is 15.1 Å². The third-order valence-corrected chi connectivity index (χ3v) is 2.92. The van der Waals surface area contributed by atoms with Crippen molar-refractivity contribution in [3.63, 3.8) is 0 Å². The highest BCUT2D eigenvalue weighted by Gasteiger charge is 2.14. The number of nitrogens with two attached hydrogens (primary N) is 1. The van der Waals surface area contributed by atoms with E-state index in [1.807, 2.05) is 19.1 Å². The van der Waals surface area contributed by atoms with Crippen LogP contribution in [0.15, 0.2) is 34.7 Å². The maximum Gasteiger partial charge on any atom is 0.254 e. The van der Waals surface area contributed by atoms with Crippen LogP contribution in [0.2, 0.25) is 5.02 Å². The number of benzene rings is 1. The Morgan fingerprint density at radius 3 is 2.68 bits per heavy atom. The van der Waals surface area contributed by atoms with Crippen LogP contribution in [0.25, 0.3) is 0 Å². The van der Waals surface area contributed by atoms with Crippen LogP contribution in [-0.4, -0.2) is 17.9 Å². The summed E-state index contributed by atoms with van der Waals surface area (Å²) in [5.74, 6) is 1.41. The van der Waals surface area contributed by atoms with Gasteiger partial charge in [-0.3, -0.25) is 4.79 Å². The minimum atomic E-state index is -0.150. The predicted octanol–water partition coefficient (Wildman–Crippen LogP) is 3.10. The number of anilines is 1. The van der Waals surface area contributed by atoms with Gasteiger partial charge in [0.2, 0.25) is 0 Å². The Kier molecular flexibility index (Phi) is 3.81. The van der Waals surface area contributed by atoms with Crippen LogP contribution >= 0.6 is 11.6 Å². The molecule has 100 valence electrons. The van der Waals surface area contributed by atoms with Gasteiger partial charge in [0, 0.05) is 23.3 Å². The smallest absolute Gasteiger partial charge is 0.254 e. The van der Waals surface area contributed by atoms with Crippen molar-refractivity contribution >= 4 is 23.2 Å². The summed E-state index contributed by atoms with van der Waals surface area (Å²) in [6, 6.07) is 8.53. The Morgan fingerprint density at radius 1 is 1.37 bits per heavy atom. The molecule has 0 saturated heterocycles. The van der Waals surface area contributed by atoms with E-state index in [9.17, 15) is 4.79 Å². The molecule has 0 aliphatic heterocycles. The standard InChI is InChI=1S/C14H15ClN2O2/c1-9-3-4-13(19-9)8-17(2)14(18)10-5-11(15)7-12(16)6-10/h3-7H,8,16H2,1-2H3. The second-order valence-corrected chi connectivity index (χ2v) is 4.88. The first-order valence-electron chi connectivity index (χ1n) is 5.82. The van der Waals surface area contributed by atoms with Crippen LogP contribution in [0, 0.1) is 6.92 Å². The van der Waals surface area contributed by atoms with Gasteiger partial charge in [-0.25, -0.2) is 0 Å². The average molecular weight is 279 g/mol. The van der Waals surface area contributed by atoms with E-state index in [4.69, 9.17) is 21.8 Å². The van der Waals surface area contributed by atoms with Gasteiger partial charge in [0.05, 0.1) is 6.54 Å². The van der Waals surface area contributed by atoms with Gasteiger partial charge in [0.15, 0.2) is 0 Å². The molecule has 1 aromatic heterocycles. The summed E-state index contributed by atoms with van der Waals surface area (Å²) in [5, 5.41) is 0.450. The van der Waals surface area contributed by atoms with E-state index in [0.29, 0.717) is 22.8 Å². The number of halogens is 1. The van der Waals surface area contributed by atoms with E-state index < -0.39 is 0 Å². The first-order valence-corrected chi connectivity index (χ1v) is 6.20. The topological polar surface area (TPSA) is 59.5 Å². The third-order valence-electron chi connectivity index (χ3n) is 2.70. The lowest BCUT2D eigenvalue weighted by Gasteiger charge is -2.16. The minimum Gasteiger partial charge on any atom is -0.464 e. The SMILES string of the molecule is Cc1ccc(CN(C)C(=O)c2cc(N)cc(Cl)c2)o1. The molecule has 19 heavy (non-hydrogen) atoms. The molecule has 1 aromatic carbocycles. The van der Waals surface area contributed by atoms with Crippen LogP contribution < -0.4 is 5.73 Å². The molecule has 1 heterocycles. The van der Waals surface area contributed by atoms with Gasteiger partial charge in [0.25, 0.3) is 5.91 Å². The molecule has 2 N–H and O–H groups in total. The number of nitrogens with zero attached hydrogens (tertiary/aromatic N) is 1. The van der Waals surface area contributed by atoms with E-state index in [2.05, 4.69) is 0 Å². The van der Waals surface area contributed by atoms with Crippen molar-refractivity contribution in [2.24, 2.45) is 0 Å². The fraction of sp³-hybridized carbons (Fsp3) is 0.214. The fourth-order valence-corrected chi connectivity index (χ4v) is 2.08. The Bertz CT molecular complexity index is 587. The molecule has 5 heteroatoms. The molecule has 0 aliphatic rings. The van der Waals surface area contributed by atoms with E-state index in [1.54, 1.807) is 30.1 Å². The lowest BCUT2D eigenvalue weighted by Crippen LogP contribution is -2.26. The summed E-state index contributed by atoms with van der Waals surface area (Å²) in [7, 11) is 1.71. The summed E-state index contributed by atoms with van der Waals surface area (Å²) in [6.45, 7) is 2.27. The van der Waals surface area contributed by atoms with Crippen molar-refractivity contribution in [3.8, 4) is 0 Å². The van der Waals surface area contributed by atoms with Crippen molar-refractivity contribution in [1.82, 2.24) is 4.90 Å². The van der Waals surface area contributed by atoms with Gasteiger partial charge in [-0.2, -0.15) is 0 Å². The van der Waals surface area contributed by atoms with Gasteiger partial charge >= 0.3 is 0 Å². The van der Waals surface area contributed by atoms with E-state index in [1.165, 1.54) is 0 Å². The number of hydrogen-bond acceptors (Lipinski definition) is 3.